The van der Waals surface area contributed by atoms with Crippen LogP contribution < -0.4 is 0 Å². The fraction of sp³-hybridized carbons (Fsp3) is 0.750. The topological polar surface area (TPSA) is 0 Å². The molecule has 2 saturated carbocycles. The zero-order valence-electron chi connectivity index (χ0n) is 16.1. The second kappa shape index (κ2) is 9.07. The third-order valence-electron chi connectivity index (χ3n) is 7.11. The maximum atomic E-state index is 2.35. The van der Waals surface area contributed by atoms with Crippen LogP contribution in [0.15, 0.2) is 24.3 Å². The Morgan fingerprint density at radius 2 is 1.21 bits per heavy atom. The molecule has 0 aliphatic heterocycles. The first-order chi connectivity index (χ1) is 11.7. The van der Waals surface area contributed by atoms with Crippen molar-refractivity contribution in [3.8, 4) is 0 Å². The number of rotatable bonds is 6. The van der Waals surface area contributed by atoms with Crippen LogP contribution in [0.4, 0.5) is 0 Å². The molecule has 0 atom stereocenters. The van der Waals surface area contributed by atoms with Crippen LogP contribution in [-0.2, 0) is 6.42 Å². The van der Waals surface area contributed by atoms with E-state index in [0.717, 1.165) is 23.7 Å². The van der Waals surface area contributed by atoms with Crippen molar-refractivity contribution in [2.75, 3.05) is 0 Å². The molecule has 2 aliphatic rings. The van der Waals surface area contributed by atoms with Crippen molar-refractivity contribution in [2.45, 2.75) is 90.9 Å². The lowest BCUT2D eigenvalue weighted by Crippen LogP contribution is -2.26. The molecule has 2 fully saturated rings. The van der Waals surface area contributed by atoms with Crippen LogP contribution in [-0.4, -0.2) is 0 Å². The molecule has 24 heavy (non-hydrogen) atoms. The third kappa shape index (κ3) is 5.11. The Morgan fingerprint density at radius 3 is 1.71 bits per heavy atom. The van der Waals surface area contributed by atoms with Crippen molar-refractivity contribution in [2.24, 2.45) is 23.7 Å². The van der Waals surface area contributed by atoms with Gasteiger partial charge in [0.15, 0.2) is 0 Å². The Kier molecular flexibility index (Phi) is 6.81. The first-order valence-corrected chi connectivity index (χ1v) is 10.8. The Bertz CT molecular complexity index is 455. The summed E-state index contributed by atoms with van der Waals surface area (Å²) < 4.78 is 0. The fourth-order valence-corrected chi connectivity index (χ4v) is 5.43. The SMILES string of the molecule is CCCC1CCC(C2CCC(CCc3ccc(C)cc3)CC2)CC1. The minimum Gasteiger partial charge on any atom is -0.0654 e. The summed E-state index contributed by atoms with van der Waals surface area (Å²) in [6, 6.07) is 9.19. The number of hydrogen-bond acceptors (Lipinski definition) is 0. The van der Waals surface area contributed by atoms with Crippen molar-refractivity contribution in [1.29, 1.82) is 0 Å². The molecule has 0 unspecified atom stereocenters. The molecule has 0 saturated heterocycles. The molecule has 0 spiro atoms. The molecule has 1 aromatic carbocycles. The van der Waals surface area contributed by atoms with E-state index in [0.29, 0.717) is 0 Å². The van der Waals surface area contributed by atoms with Gasteiger partial charge in [0.05, 0.1) is 0 Å². The zero-order chi connectivity index (χ0) is 16.8. The standard InChI is InChI=1S/C24H38/c1-3-4-20-11-15-23(16-12-20)24-17-13-22(14-18-24)10-9-21-7-5-19(2)6-8-21/h5-8,20,22-24H,3-4,9-18H2,1-2H3. The van der Waals surface area contributed by atoms with Gasteiger partial charge in [-0.1, -0.05) is 75.3 Å². The average Bonchev–Trinajstić information content (AvgIpc) is 2.63. The van der Waals surface area contributed by atoms with E-state index in [9.17, 15) is 0 Å². The van der Waals surface area contributed by atoms with Gasteiger partial charge in [0.25, 0.3) is 0 Å². The van der Waals surface area contributed by atoms with E-state index in [1.165, 1.54) is 75.3 Å². The molecule has 0 aromatic heterocycles. The molecule has 2 aliphatic carbocycles. The minimum absolute atomic E-state index is 0.999. The maximum Gasteiger partial charge on any atom is -0.0276 e. The first-order valence-electron chi connectivity index (χ1n) is 10.8. The van der Waals surface area contributed by atoms with Crippen LogP contribution in [0.1, 0.15) is 88.7 Å². The van der Waals surface area contributed by atoms with Crippen molar-refractivity contribution in [3.63, 3.8) is 0 Å². The molecular formula is C24H38. The van der Waals surface area contributed by atoms with Crippen LogP contribution in [0.5, 0.6) is 0 Å². The van der Waals surface area contributed by atoms with Gasteiger partial charge in [-0.25, -0.2) is 0 Å². The predicted molar refractivity (Wildman–Crippen MR) is 105 cm³/mol. The number of aryl methyl sites for hydroxylation is 2. The van der Waals surface area contributed by atoms with E-state index < -0.39 is 0 Å². The highest BCUT2D eigenvalue weighted by atomic mass is 14.4. The molecule has 0 heteroatoms. The number of benzene rings is 1. The third-order valence-corrected chi connectivity index (χ3v) is 7.11. The number of hydrogen-bond donors (Lipinski definition) is 0. The molecule has 0 amide bonds. The highest BCUT2D eigenvalue weighted by Crippen LogP contribution is 2.42. The van der Waals surface area contributed by atoms with E-state index in [-0.39, 0.29) is 0 Å². The molecule has 0 radical (unpaired) electrons. The Balaban J connectivity index is 1.36. The van der Waals surface area contributed by atoms with Crippen LogP contribution in [0.25, 0.3) is 0 Å². The van der Waals surface area contributed by atoms with Gasteiger partial charge in [0.1, 0.15) is 0 Å². The predicted octanol–water partition coefficient (Wildman–Crippen LogP) is 7.34. The van der Waals surface area contributed by atoms with Gasteiger partial charge in [-0.2, -0.15) is 0 Å². The molecule has 0 N–H and O–H groups in total. The molecule has 0 nitrogen and oxygen atoms in total. The summed E-state index contributed by atoms with van der Waals surface area (Å²) in [7, 11) is 0. The van der Waals surface area contributed by atoms with E-state index in [1.807, 2.05) is 0 Å². The summed E-state index contributed by atoms with van der Waals surface area (Å²) in [5.74, 6) is 4.22. The lowest BCUT2D eigenvalue weighted by Gasteiger charge is -2.38. The molecule has 3 rings (SSSR count). The van der Waals surface area contributed by atoms with E-state index >= 15 is 0 Å². The fourth-order valence-electron chi connectivity index (χ4n) is 5.43. The zero-order valence-corrected chi connectivity index (χ0v) is 16.1. The van der Waals surface area contributed by atoms with Gasteiger partial charge in [0, 0.05) is 0 Å². The highest BCUT2D eigenvalue weighted by molar-refractivity contribution is 5.21. The van der Waals surface area contributed by atoms with Crippen LogP contribution in [0.2, 0.25) is 0 Å². The summed E-state index contributed by atoms with van der Waals surface area (Å²) in [6.45, 7) is 4.53. The lowest BCUT2D eigenvalue weighted by atomic mass is 9.68. The van der Waals surface area contributed by atoms with Gasteiger partial charge < -0.3 is 0 Å². The van der Waals surface area contributed by atoms with E-state index in [1.54, 1.807) is 12.8 Å². The van der Waals surface area contributed by atoms with Gasteiger partial charge in [-0.15, -0.1) is 0 Å². The summed E-state index contributed by atoms with van der Waals surface area (Å²) in [5.41, 5.74) is 2.92. The monoisotopic (exact) mass is 326 g/mol. The van der Waals surface area contributed by atoms with Crippen molar-refractivity contribution in [1.82, 2.24) is 0 Å². The van der Waals surface area contributed by atoms with Gasteiger partial charge in [-0.05, 0) is 74.7 Å². The van der Waals surface area contributed by atoms with E-state index in [4.69, 9.17) is 0 Å². The summed E-state index contributed by atoms with van der Waals surface area (Å²) in [6.07, 6.45) is 17.8. The normalized spacial score (nSPS) is 31.1. The maximum absolute atomic E-state index is 2.35. The van der Waals surface area contributed by atoms with Crippen LogP contribution in [0, 0.1) is 30.6 Å². The lowest BCUT2D eigenvalue weighted by molar-refractivity contribution is 0.141. The molecule has 0 bridgehead atoms. The van der Waals surface area contributed by atoms with Crippen LogP contribution in [0.3, 0.4) is 0 Å². The van der Waals surface area contributed by atoms with Crippen LogP contribution >= 0.6 is 0 Å². The largest absolute Gasteiger partial charge is 0.0654 e. The molecular weight excluding hydrogens is 288 g/mol. The Morgan fingerprint density at radius 1 is 0.708 bits per heavy atom. The summed E-state index contributed by atoms with van der Waals surface area (Å²) >= 11 is 0. The van der Waals surface area contributed by atoms with Gasteiger partial charge in [0.2, 0.25) is 0 Å². The minimum atomic E-state index is 0.999. The second-order valence-electron chi connectivity index (χ2n) is 8.87. The van der Waals surface area contributed by atoms with Crippen molar-refractivity contribution < 1.29 is 0 Å². The average molecular weight is 327 g/mol. The summed E-state index contributed by atoms with van der Waals surface area (Å²) in [4.78, 5) is 0. The van der Waals surface area contributed by atoms with Gasteiger partial charge >= 0.3 is 0 Å². The van der Waals surface area contributed by atoms with Gasteiger partial charge in [-0.3, -0.25) is 0 Å². The smallest absolute Gasteiger partial charge is 0.0276 e. The molecule has 134 valence electrons. The van der Waals surface area contributed by atoms with Crippen molar-refractivity contribution >= 4 is 0 Å². The van der Waals surface area contributed by atoms with E-state index in [2.05, 4.69) is 38.1 Å². The Labute approximate surface area is 150 Å². The van der Waals surface area contributed by atoms with Crippen molar-refractivity contribution in [3.05, 3.63) is 35.4 Å². The quantitative estimate of drug-likeness (QED) is 0.513. The molecule has 0 heterocycles. The highest BCUT2D eigenvalue weighted by Gasteiger charge is 2.30. The Hall–Kier alpha value is -0.780. The first kappa shape index (κ1) is 18.0. The summed E-state index contributed by atoms with van der Waals surface area (Å²) in [5, 5.41) is 0. The second-order valence-corrected chi connectivity index (χ2v) is 8.87. The molecule has 1 aromatic rings.